The molecule has 138 valence electrons. The van der Waals surface area contributed by atoms with E-state index in [9.17, 15) is 0 Å². The van der Waals surface area contributed by atoms with Gasteiger partial charge in [-0.05, 0) is 23.4 Å². The molecule has 3 heterocycles. The molecule has 27 heavy (non-hydrogen) atoms. The summed E-state index contributed by atoms with van der Waals surface area (Å²) in [7, 11) is 1.99. The number of thiophene rings is 1. The van der Waals surface area contributed by atoms with Crippen molar-refractivity contribution in [1.82, 2.24) is 24.9 Å². The predicted octanol–water partition coefficient (Wildman–Crippen LogP) is 4.37. The summed E-state index contributed by atoms with van der Waals surface area (Å²) in [4.78, 5) is 5.77. The summed E-state index contributed by atoms with van der Waals surface area (Å²) >= 11 is 3.27. The second-order valence-electron chi connectivity index (χ2n) is 6.06. The average molecular weight is 398 g/mol. The second kappa shape index (κ2) is 8.06. The number of thioether (sulfide) groups is 1. The molecule has 0 amide bonds. The van der Waals surface area contributed by atoms with Crippen molar-refractivity contribution < 1.29 is 4.52 Å². The van der Waals surface area contributed by atoms with Crippen molar-refractivity contribution in [3.8, 4) is 11.4 Å². The second-order valence-corrected chi connectivity index (χ2v) is 8.04. The van der Waals surface area contributed by atoms with Crippen LogP contribution in [-0.2, 0) is 25.6 Å². The number of benzene rings is 1. The minimum Gasteiger partial charge on any atom is -0.338 e. The van der Waals surface area contributed by atoms with E-state index in [1.54, 1.807) is 23.1 Å². The van der Waals surface area contributed by atoms with Gasteiger partial charge in [-0.25, -0.2) is 0 Å². The lowest BCUT2D eigenvalue weighted by molar-refractivity contribution is 0.391. The van der Waals surface area contributed by atoms with Crippen molar-refractivity contribution in [2.24, 2.45) is 7.05 Å². The fourth-order valence-corrected chi connectivity index (χ4v) is 4.11. The normalized spacial score (nSPS) is 11.2. The minimum absolute atomic E-state index is 0.561. The van der Waals surface area contributed by atoms with Gasteiger partial charge in [-0.3, -0.25) is 0 Å². The van der Waals surface area contributed by atoms with E-state index in [1.807, 2.05) is 23.7 Å². The number of hydrogen-bond acceptors (Lipinski definition) is 7. The highest BCUT2D eigenvalue weighted by atomic mass is 32.2. The molecule has 0 radical (unpaired) electrons. The monoisotopic (exact) mass is 397 g/mol. The van der Waals surface area contributed by atoms with Crippen LogP contribution in [0.3, 0.4) is 0 Å². The van der Waals surface area contributed by atoms with E-state index in [0.29, 0.717) is 17.5 Å². The van der Waals surface area contributed by atoms with Crippen LogP contribution in [-0.4, -0.2) is 24.9 Å². The Morgan fingerprint density at radius 3 is 2.74 bits per heavy atom. The van der Waals surface area contributed by atoms with Gasteiger partial charge in [0.15, 0.2) is 5.16 Å². The van der Waals surface area contributed by atoms with Gasteiger partial charge in [0.1, 0.15) is 5.82 Å². The first-order valence-electron chi connectivity index (χ1n) is 8.68. The Hall–Kier alpha value is -2.45. The van der Waals surface area contributed by atoms with Crippen molar-refractivity contribution in [1.29, 1.82) is 0 Å². The maximum absolute atomic E-state index is 5.39. The summed E-state index contributed by atoms with van der Waals surface area (Å²) in [6, 6.07) is 12.4. The number of hydrogen-bond donors (Lipinski definition) is 0. The molecule has 0 bridgehead atoms. The first kappa shape index (κ1) is 17.9. The summed E-state index contributed by atoms with van der Waals surface area (Å²) in [5, 5.41) is 15.6. The van der Waals surface area contributed by atoms with E-state index in [0.717, 1.165) is 29.4 Å². The number of rotatable bonds is 7. The Morgan fingerprint density at radius 1 is 1.15 bits per heavy atom. The van der Waals surface area contributed by atoms with Gasteiger partial charge in [0.25, 0.3) is 0 Å². The zero-order valence-electron chi connectivity index (χ0n) is 15.1. The van der Waals surface area contributed by atoms with Crippen molar-refractivity contribution in [2.75, 3.05) is 0 Å². The molecule has 0 atom stereocenters. The van der Waals surface area contributed by atoms with E-state index in [4.69, 9.17) is 4.52 Å². The molecule has 4 rings (SSSR count). The molecule has 0 aliphatic heterocycles. The Balaban J connectivity index is 1.40. The Labute approximate surface area is 165 Å². The van der Waals surface area contributed by atoms with Crippen molar-refractivity contribution in [2.45, 2.75) is 30.7 Å². The third kappa shape index (κ3) is 4.12. The summed E-state index contributed by atoms with van der Waals surface area (Å²) in [5.41, 5.74) is 2.25. The van der Waals surface area contributed by atoms with Gasteiger partial charge in [0.2, 0.25) is 11.7 Å². The quantitative estimate of drug-likeness (QED) is 0.431. The molecule has 8 heteroatoms. The Bertz CT molecular complexity index is 1010. The first-order valence-corrected chi connectivity index (χ1v) is 10.5. The van der Waals surface area contributed by atoms with Gasteiger partial charge in [0, 0.05) is 23.9 Å². The average Bonchev–Trinajstić information content (AvgIpc) is 3.44. The lowest BCUT2D eigenvalue weighted by Gasteiger charge is -2.01. The molecule has 6 nitrogen and oxygen atoms in total. The van der Waals surface area contributed by atoms with Crippen LogP contribution in [0.4, 0.5) is 0 Å². The Kier molecular flexibility index (Phi) is 5.35. The molecule has 0 saturated heterocycles. The highest BCUT2D eigenvalue weighted by Crippen LogP contribution is 2.24. The van der Waals surface area contributed by atoms with Crippen LogP contribution >= 0.6 is 23.1 Å². The largest absolute Gasteiger partial charge is 0.338 e. The van der Waals surface area contributed by atoms with E-state index >= 15 is 0 Å². The standard InChI is InChI=1S/C19H19N5OS2/c1-3-13-6-8-14(9-7-13)18-20-17(25-23-18)12-27-19-22-21-16(24(19)2)11-15-5-4-10-26-15/h4-10H,3,11-12H2,1-2H3. The van der Waals surface area contributed by atoms with Gasteiger partial charge >= 0.3 is 0 Å². The highest BCUT2D eigenvalue weighted by Gasteiger charge is 2.13. The molecule has 0 N–H and O–H groups in total. The number of aromatic nitrogens is 5. The summed E-state index contributed by atoms with van der Waals surface area (Å²) < 4.78 is 7.41. The van der Waals surface area contributed by atoms with Crippen LogP contribution in [0, 0.1) is 0 Å². The number of aryl methyl sites for hydroxylation is 1. The van der Waals surface area contributed by atoms with Gasteiger partial charge < -0.3 is 9.09 Å². The third-order valence-electron chi connectivity index (χ3n) is 4.25. The van der Waals surface area contributed by atoms with Gasteiger partial charge in [0.05, 0.1) is 5.75 Å². The van der Waals surface area contributed by atoms with Crippen molar-refractivity contribution in [3.05, 3.63) is 63.9 Å². The molecule has 0 unspecified atom stereocenters. The van der Waals surface area contributed by atoms with E-state index < -0.39 is 0 Å². The molecule has 0 aliphatic carbocycles. The Morgan fingerprint density at radius 2 is 2.00 bits per heavy atom. The van der Waals surface area contributed by atoms with E-state index in [-0.39, 0.29) is 0 Å². The third-order valence-corrected chi connectivity index (χ3v) is 6.13. The molecule has 1 aromatic carbocycles. The van der Waals surface area contributed by atoms with Crippen molar-refractivity contribution in [3.63, 3.8) is 0 Å². The maximum Gasteiger partial charge on any atom is 0.237 e. The molecule has 0 fully saturated rings. The van der Waals surface area contributed by atoms with Crippen LogP contribution in [0.2, 0.25) is 0 Å². The highest BCUT2D eigenvalue weighted by molar-refractivity contribution is 7.98. The van der Waals surface area contributed by atoms with Gasteiger partial charge in [-0.1, -0.05) is 54.2 Å². The van der Waals surface area contributed by atoms with Crippen LogP contribution < -0.4 is 0 Å². The van der Waals surface area contributed by atoms with Crippen LogP contribution in [0.5, 0.6) is 0 Å². The van der Waals surface area contributed by atoms with Crippen LogP contribution in [0.1, 0.15) is 29.1 Å². The number of nitrogens with zero attached hydrogens (tertiary/aromatic N) is 5. The lowest BCUT2D eigenvalue weighted by atomic mass is 10.1. The summed E-state index contributed by atoms with van der Waals surface area (Å²) in [5.74, 6) is 2.70. The molecule has 0 saturated carbocycles. The fraction of sp³-hybridized carbons (Fsp3) is 0.263. The van der Waals surface area contributed by atoms with Crippen molar-refractivity contribution >= 4 is 23.1 Å². The van der Waals surface area contributed by atoms with E-state index in [2.05, 4.69) is 56.9 Å². The van der Waals surface area contributed by atoms with Gasteiger partial charge in [-0.15, -0.1) is 21.5 Å². The molecule has 4 aromatic rings. The minimum atomic E-state index is 0.561. The topological polar surface area (TPSA) is 69.6 Å². The maximum atomic E-state index is 5.39. The molecule has 3 aromatic heterocycles. The van der Waals surface area contributed by atoms with E-state index in [1.165, 1.54) is 10.4 Å². The van der Waals surface area contributed by atoms with Crippen LogP contribution in [0.15, 0.2) is 51.5 Å². The summed E-state index contributed by atoms with van der Waals surface area (Å²) in [6.07, 6.45) is 1.81. The fourth-order valence-electron chi connectivity index (χ4n) is 2.64. The van der Waals surface area contributed by atoms with Gasteiger partial charge in [-0.2, -0.15) is 4.98 Å². The molecular formula is C19H19N5OS2. The molecular weight excluding hydrogens is 378 g/mol. The summed E-state index contributed by atoms with van der Waals surface area (Å²) in [6.45, 7) is 2.14. The molecule has 0 aliphatic rings. The molecule has 0 spiro atoms. The predicted molar refractivity (Wildman–Crippen MR) is 107 cm³/mol. The lowest BCUT2D eigenvalue weighted by Crippen LogP contribution is -1.99. The van der Waals surface area contributed by atoms with Crippen LogP contribution in [0.25, 0.3) is 11.4 Å². The zero-order chi connectivity index (χ0) is 18.6. The smallest absolute Gasteiger partial charge is 0.237 e. The SMILES string of the molecule is CCc1ccc(-c2noc(CSc3nnc(Cc4cccs4)n3C)n2)cc1. The first-order chi connectivity index (χ1) is 13.2. The zero-order valence-corrected chi connectivity index (χ0v) is 16.8.